The van der Waals surface area contributed by atoms with E-state index in [4.69, 9.17) is 4.74 Å². The molecular weight excluding hydrogens is 442 g/mol. The zero-order valence-electron chi connectivity index (χ0n) is 25.6. The summed E-state index contributed by atoms with van der Waals surface area (Å²) < 4.78 is 7.35. The Kier molecular flexibility index (Phi) is 12.4. The third-order valence-corrected chi connectivity index (χ3v) is 9.28. The summed E-state index contributed by atoms with van der Waals surface area (Å²) in [5, 5.41) is 11.3. The van der Waals surface area contributed by atoms with E-state index in [9.17, 15) is 0 Å². The van der Waals surface area contributed by atoms with Crippen molar-refractivity contribution < 1.29 is 4.74 Å². The van der Waals surface area contributed by atoms with Gasteiger partial charge in [-0.2, -0.15) is 0 Å². The Morgan fingerprint density at radius 2 is 1.33 bits per heavy atom. The van der Waals surface area contributed by atoms with Crippen LogP contribution >= 0.6 is 0 Å². The van der Waals surface area contributed by atoms with Gasteiger partial charge in [-0.1, -0.05) is 132 Å². The summed E-state index contributed by atoms with van der Waals surface area (Å²) in [4.78, 5) is 0. The fourth-order valence-electron chi connectivity index (χ4n) is 7.19. The maximum absolute atomic E-state index is 7.35. The van der Waals surface area contributed by atoms with Crippen LogP contribution in [0.4, 0.5) is 0 Å². The summed E-state index contributed by atoms with van der Waals surface area (Å²) >= 11 is 0. The van der Waals surface area contributed by atoms with Crippen LogP contribution in [-0.4, -0.2) is 27.6 Å². The molecule has 0 amide bonds. The van der Waals surface area contributed by atoms with E-state index in [0.717, 1.165) is 12.1 Å². The molecule has 1 aromatic heterocycles. The second-order valence-corrected chi connectivity index (χ2v) is 14.0. The first-order chi connectivity index (χ1) is 17.0. The van der Waals surface area contributed by atoms with Crippen molar-refractivity contribution in [3.05, 3.63) is 11.9 Å². The first-order valence-electron chi connectivity index (χ1n) is 15.5. The van der Waals surface area contributed by atoms with Crippen molar-refractivity contribution in [3.63, 3.8) is 0 Å². The first-order valence-corrected chi connectivity index (χ1v) is 15.5. The van der Waals surface area contributed by atoms with Crippen molar-refractivity contribution in [2.75, 3.05) is 0 Å². The maximum Gasteiger partial charge on any atom is 0.0850 e. The van der Waals surface area contributed by atoms with E-state index in [1.54, 1.807) is 0 Å². The van der Waals surface area contributed by atoms with Gasteiger partial charge >= 0.3 is 0 Å². The number of aromatic amines is 1. The van der Waals surface area contributed by atoms with Gasteiger partial charge in [0.25, 0.3) is 0 Å². The molecule has 4 unspecified atom stereocenters. The molecule has 0 aliphatic carbocycles. The maximum atomic E-state index is 7.35. The average molecular weight is 504 g/mol. The van der Waals surface area contributed by atoms with Gasteiger partial charge in [-0.25, -0.2) is 0 Å². The predicted octanol–water partition coefficient (Wildman–Crippen LogP) is 9.56. The molecule has 1 aliphatic rings. The number of rotatable bonds is 17. The van der Waals surface area contributed by atoms with Gasteiger partial charge in [-0.05, 0) is 47.3 Å². The molecule has 4 atom stereocenters. The van der Waals surface area contributed by atoms with E-state index in [1.807, 2.05) is 6.20 Å². The Balaban J connectivity index is 2.47. The number of nitrogens with zero attached hydrogens (tertiary/aromatic N) is 2. The van der Waals surface area contributed by atoms with Crippen molar-refractivity contribution in [1.29, 1.82) is 0 Å². The van der Waals surface area contributed by atoms with Crippen LogP contribution in [0.2, 0.25) is 0 Å². The van der Waals surface area contributed by atoms with Gasteiger partial charge in [0.05, 0.1) is 17.9 Å². The standard InChI is InChI=1S/C32H61N3O/c1-10-13-16-18-21-32(9,22-19-17-14-11-2)29-28(31(7,8)20-15-12-3)27(30(4,5)6)26(36-29)23-25-24-33-35-34-25/h24,26-29H,10-23H2,1-9H3,(H,33,34,35). The van der Waals surface area contributed by atoms with Crippen molar-refractivity contribution in [3.8, 4) is 0 Å². The van der Waals surface area contributed by atoms with E-state index in [1.165, 1.54) is 83.5 Å². The number of ether oxygens (including phenoxy) is 1. The lowest BCUT2D eigenvalue weighted by atomic mass is 9.56. The monoisotopic (exact) mass is 503 g/mol. The second-order valence-electron chi connectivity index (χ2n) is 14.0. The van der Waals surface area contributed by atoms with Crippen molar-refractivity contribution in [2.24, 2.45) is 28.1 Å². The van der Waals surface area contributed by atoms with Gasteiger partial charge < -0.3 is 4.74 Å². The fourth-order valence-corrected chi connectivity index (χ4v) is 7.19. The Hall–Kier alpha value is -0.900. The summed E-state index contributed by atoms with van der Waals surface area (Å²) in [6.07, 6.45) is 20.4. The summed E-state index contributed by atoms with van der Waals surface area (Å²) in [6.45, 7) is 22.0. The van der Waals surface area contributed by atoms with Crippen LogP contribution in [0.5, 0.6) is 0 Å². The van der Waals surface area contributed by atoms with Crippen LogP contribution < -0.4 is 0 Å². The van der Waals surface area contributed by atoms with E-state index >= 15 is 0 Å². The Bertz CT molecular complexity index is 693. The number of hydrogen-bond donors (Lipinski definition) is 1. The minimum absolute atomic E-state index is 0.169. The number of nitrogens with one attached hydrogen (secondary N) is 1. The summed E-state index contributed by atoms with van der Waals surface area (Å²) in [6, 6.07) is 0. The van der Waals surface area contributed by atoms with E-state index < -0.39 is 0 Å². The van der Waals surface area contributed by atoms with Crippen LogP contribution in [0.15, 0.2) is 6.20 Å². The van der Waals surface area contributed by atoms with Gasteiger partial charge in [-0.15, -0.1) is 5.10 Å². The third kappa shape index (κ3) is 8.57. The Labute approximate surface area is 224 Å². The molecule has 0 aromatic carbocycles. The molecule has 1 aliphatic heterocycles. The topological polar surface area (TPSA) is 50.8 Å². The molecule has 4 nitrogen and oxygen atoms in total. The second kappa shape index (κ2) is 14.3. The van der Waals surface area contributed by atoms with Crippen LogP contribution in [0, 0.1) is 28.1 Å². The number of H-pyrrole nitrogens is 1. The molecule has 0 spiro atoms. The SMILES string of the molecule is CCCCCCC(C)(CCCCCC)C1OC(Cc2c[nH]nn2)C(C(C)(C)C)C1C(C)(C)CCCC. The van der Waals surface area contributed by atoms with Crippen LogP contribution in [0.3, 0.4) is 0 Å². The van der Waals surface area contributed by atoms with Crippen molar-refractivity contribution in [2.45, 2.75) is 164 Å². The quantitative estimate of drug-likeness (QED) is 0.215. The van der Waals surface area contributed by atoms with Gasteiger partial charge in [0.15, 0.2) is 0 Å². The van der Waals surface area contributed by atoms with Gasteiger partial charge in [0, 0.05) is 12.6 Å². The number of hydrogen-bond acceptors (Lipinski definition) is 3. The highest BCUT2D eigenvalue weighted by Gasteiger charge is 2.58. The lowest BCUT2D eigenvalue weighted by Crippen LogP contribution is -2.46. The average Bonchev–Trinajstić information content (AvgIpc) is 3.47. The Morgan fingerprint density at radius 3 is 1.81 bits per heavy atom. The molecule has 0 radical (unpaired) electrons. The molecule has 2 heterocycles. The third-order valence-electron chi connectivity index (χ3n) is 9.28. The molecule has 0 bridgehead atoms. The lowest BCUT2D eigenvalue weighted by Gasteiger charge is -2.48. The van der Waals surface area contributed by atoms with Crippen molar-refractivity contribution in [1.82, 2.24) is 15.4 Å². The van der Waals surface area contributed by atoms with E-state index in [2.05, 4.69) is 77.7 Å². The predicted molar refractivity (Wildman–Crippen MR) is 154 cm³/mol. The summed E-state index contributed by atoms with van der Waals surface area (Å²) in [5.41, 5.74) is 1.67. The molecule has 1 fully saturated rings. The van der Waals surface area contributed by atoms with Gasteiger partial charge in [0.2, 0.25) is 0 Å². The molecule has 4 heteroatoms. The minimum atomic E-state index is 0.169. The molecule has 36 heavy (non-hydrogen) atoms. The van der Waals surface area contributed by atoms with Crippen molar-refractivity contribution >= 4 is 0 Å². The highest BCUT2D eigenvalue weighted by atomic mass is 16.5. The normalized spacial score (nSPS) is 23.5. The molecule has 1 saturated heterocycles. The molecule has 0 saturated carbocycles. The molecule has 2 rings (SSSR count). The molecular formula is C32H61N3O. The van der Waals surface area contributed by atoms with Gasteiger partial charge in [-0.3, -0.25) is 5.10 Å². The number of unbranched alkanes of at least 4 members (excludes halogenated alkanes) is 7. The minimum Gasteiger partial charge on any atom is -0.373 e. The zero-order valence-corrected chi connectivity index (χ0v) is 25.6. The highest BCUT2D eigenvalue weighted by molar-refractivity contribution is 5.08. The van der Waals surface area contributed by atoms with Crippen LogP contribution in [0.25, 0.3) is 0 Å². The number of aromatic nitrogens is 3. The van der Waals surface area contributed by atoms with E-state index in [-0.39, 0.29) is 22.3 Å². The molecule has 1 N–H and O–H groups in total. The van der Waals surface area contributed by atoms with Gasteiger partial charge in [0.1, 0.15) is 0 Å². The first kappa shape index (κ1) is 31.3. The van der Waals surface area contributed by atoms with Crippen LogP contribution in [-0.2, 0) is 11.2 Å². The smallest absolute Gasteiger partial charge is 0.0850 e. The summed E-state index contributed by atoms with van der Waals surface area (Å²) in [5.74, 6) is 1.04. The largest absolute Gasteiger partial charge is 0.373 e. The highest BCUT2D eigenvalue weighted by Crippen LogP contribution is 2.58. The lowest BCUT2D eigenvalue weighted by molar-refractivity contribution is -0.0723. The Morgan fingerprint density at radius 1 is 0.750 bits per heavy atom. The van der Waals surface area contributed by atoms with E-state index in [0.29, 0.717) is 17.9 Å². The summed E-state index contributed by atoms with van der Waals surface area (Å²) in [7, 11) is 0. The molecule has 1 aromatic rings. The molecule has 210 valence electrons. The van der Waals surface area contributed by atoms with Crippen LogP contribution in [0.1, 0.15) is 151 Å². The fraction of sp³-hybridized carbons (Fsp3) is 0.938. The zero-order chi connectivity index (χ0) is 26.8.